The second-order valence-corrected chi connectivity index (χ2v) is 3.62. The van der Waals surface area contributed by atoms with Gasteiger partial charge in [-0.1, -0.05) is 18.2 Å². The fraction of sp³-hybridized carbons (Fsp3) is 0.231. The molecular formula is C13H13FN2O2. The van der Waals surface area contributed by atoms with E-state index < -0.39 is 12.1 Å². The van der Waals surface area contributed by atoms with Crippen molar-refractivity contribution < 1.29 is 13.9 Å². The van der Waals surface area contributed by atoms with Crippen molar-refractivity contribution in [1.29, 1.82) is 0 Å². The third kappa shape index (κ3) is 2.40. The Morgan fingerprint density at radius 1 is 1.39 bits per heavy atom. The Labute approximate surface area is 104 Å². The van der Waals surface area contributed by atoms with Crippen LogP contribution in [0.4, 0.5) is 4.39 Å². The normalized spacial score (nSPS) is 12.1. The third-order valence-electron chi connectivity index (χ3n) is 2.43. The fourth-order valence-electron chi connectivity index (χ4n) is 1.63. The Morgan fingerprint density at radius 3 is 2.78 bits per heavy atom. The van der Waals surface area contributed by atoms with Crippen molar-refractivity contribution in [3.05, 3.63) is 48.3 Å². The van der Waals surface area contributed by atoms with E-state index in [4.69, 9.17) is 0 Å². The minimum Gasteiger partial charge on any atom is -0.464 e. The topological polar surface area (TPSA) is 44.1 Å². The molecule has 1 aromatic carbocycles. The number of hydrogen-bond donors (Lipinski definition) is 0. The molecule has 1 heterocycles. The van der Waals surface area contributed by atoms with E-state index in [9.17, 15) is 9.18 Å². The van der Waals surface area contributed by atoms with Gasteiger partial charge in [-0.15, -0.1) is 0 Å². The summed E-state index contributed by atoms with van der Waals surface area (Å²) < 4.78 is 20.0. The number of carbonyl (C=O) groups excluding carboxylic acids is 1. The highest BCUT2D eigenvalue weighted by atomic mass is 19.1. The highest BCUT2D eigenvalue weighted by Gasteiger charge is 2.25. The van der Waals surface area contributed by atoms with Gasteiger partial charge in [0.1, 0.15) is 0 Å². The monoisotopic (exact) mass is 248 g/mol. The van der Waals surface area contributed by atoms with Crippen LogP contribution in [0.15, 0.2) is 42.6 Å². The lowest BCUT2D eigenvalue weighted by Gasteiger charge is -2.10. The maximum Gasteiger partial charge on any atom is 0.347 e. The first-order chi connectivity index (χ1) is 8.74. The summed E-state index contributed by atoms with van der Waals surface area (Å²) >= 11 is 0. The Kier molecular flexibility index (Phi) is 3.72. The molecule has 1 atom stereocenters. The molecule has 18 heavy (non-hydrogen) atoms. The Balaban J connectivity index is 2.31. The zero-order valence-corrected chi connectivity index (χ0v) is 9.91. The van der Waals surface area contributed by atoms with Crippen molar-refractivity contribution in [2.75, 3.05) is 6.61 Å². The average molecular weight is 248 g/mol. The van der Waals surface area contributed by atoms with Crippen molar-refractivity contribution in [1.82, 2.24) is 9.78 Å². The van der Waals surface area contributed by atoms with Crippen LogP contribution < -0.4 is 0 Å². The van der Waals surface area contributed by atoms with Crippen LogP contribution in [0, 0.1) is 0 Å². The summed E-state index contributed by atoms with van der Waals surface area (Å²) in [4.78, 5) is 11.4. The molecule has 0 aliphatic heterocycles. The van der Waals surface area contributed by atoms with Crippen LogP contribution in [0.2, 0.25) is 0 Å². The number of carbonyl (C=O) groups is 1. The lowest BCUT2D eigenvalue weighted by atomic mass is 10.2. The quantitative estimate of drug-likeness (QED) is 0.780. The fourth-order valence-corrected chi connectivity index (χ4v) is 1.63. The maximum absolute atomic E-state index is 14.0. The molecule has 0 spiro atoms. The molecule has 94 valence electrons. The van der Waals surface area contributed by atoms with Crippen LogP contribution in [-0.2, 0) is 9.53 Å². The van der Waals surface area contributed by atoms with Crippen LogP contribution in [-0.4, -0.2) is 22.4 Å². The largest absolute Gasteiger partial charge is 0.464 e. The van der Waals surface area contributed by atoms with Crippen molar-refractivity contribution >= 4 is 5.97 Å². The van der Waals surface area contributed by atoms with E-state index in [1.54, 1.807) is 19.1 Å². The van der Waals surface area contributed by atoms with Gasteiger partial charge in [0.15, 0.2) is 0 Å². The summed E-state index contributed by atoms with van der Waals surface area (Å²) in [6, 6.07) is 10.5. The van der Waals surface area contributed by atoms with Crippen molar-refractivity contribution in [2.24, 2.45) is 0 Å². The van der Waals surface area contributed by atoms with Gasteiger partial charge >= 0.3 is 5.97 Å². The summed E-state index contributed by atoms with van der Waals surface area (Å²) in [5.41, 5.74) is 0.865. The SMILES string of the molecule is CCOC(=O)C(F)c1ccnn1-c1ccccc1. The van der Waals surface area contributed by atoms with Crippen molar-refractivity contribution in [3.63, 3.8) is 0 Å². The predicted octanol–water partition coefficient (Wildman–Crippen LogP) is 2.45. The van der Waals surface area contributed by atoms with E-state index in [1.165, 1.54) is 16.9 Å². The molecule has 0 fully saturated rings. The van der Waals surface area contributed by atoms with Gasteiger partial charge < -0.3 is 4.74 Å². The number of para-hydroxylation sites is 1. The van der Waals surface area contributed by atoms with Crippen LogP contribution in [0.3, 0.4) is 0 Å². The number of esters is 1. The summed E-state index contributed by atoms with van der Waals surface area (Å²) in [7, 11) is 0. The van der Waals surface area contributed by atoms with E-state index in [0.29, 0.717) is 5.69 Å². The number of aromatic nitrogens is 2. The van der Waals surface area contributed by atoms with Gasteiger partial charge in [-0.2, -0.15) is 5.10 Å². The molecule has 2 aromatic rings. The number of ether oxygens (including phenoxy) is 1. The summed E-state index contributed by atoms with van der Waals surface area (Å²) in [5.74, 6) is -0.893. The molecule has 0 radical (unpaired) electrons. The number of hydrogen-bond acceptors (Lipinski definition) is 3. The molecule has 5 heteroatoms. The Hall–Kier alpha value is -2.17. The molecule has 1 unspecified atom stereocenters. The van der Waals surface area contributed by atoms with E-state index in [-0.39, 0.29) is 12.3 Å². The highest BCUT2D eigenvalue weighted by Crippen LogP contribution is 2.21. The van der Waals surface area contributed by atoms with Crippen LogP contribution >= 0.6 is 0 Å². The second kappa shape index (κ2) is 5.44. The number of nitrogens with zero attached hydrogens (tertiary/aromatic N) is 2. The molecular weight excluding hydrogens is 235 g/mol. The van der Waals surface area contributed by atoms with Crippen molar-refractivity contribution in [3.8, 4) is 5.69 Å². The zero-order chi connectivity index (χ0) is 13.0. The number of alkyl halides is 1. The molecule has 2 rings (SSSR count). The van der Waals surface area contributed by atoms with Gasteiger partial charge in [0.05, 0.1) is 18.0 Å². The van der Waals surface area contributed by atoms with Crippen LogP contribution in [0.1, 0.15) is 18.8 Å². The summed E-state index contributed by atoms with van der Waals surface area (Å²) in [6.45, 7) is 1.79. The van der Waals surface area contributed by atoms with Crippen LogP contribution in [0.5, 0.6) is 0 Å². The maximum atomic E-state index is 14.0. The van der Waals surface area contributed by atoms with Gasteiger partial charge in [-0.05, 0) is 25.1 Å². The van der Waals surface area contributed by atoms with E-state index in [0.717, 1.165) is 0 Å². The lowest BCUT2D eigenvalue weighted by molar-refractivity contribution is -0.149. The second-order valence-electron chi connectivity index (χ2n) is 3.62. The number of halogens is 1. The van der Waals surface area contributed by atoms with Gasteiger partial charge in [0.25, 0.3) is 0 Å². The van der Waals surface area contributed by atoms with Crippen LogP contribution in [0.25, 0.3) is 5.69 Å². The minimum atomic E-state index is -1.83. The third-order valence-corrected chi connectivity index (χ3v) is 2.43. The Morgan fingerprint density at radius 2 is 2.11 bits per heavy atom. The molecule has 0 bridgehead atoms. The van der Waals surface area contributed by atoms with Gasteiger partial charge in [-0.3, -0.25) is 0 Å². The van der Waals surface area contributed by atoms with Gasteiger partial charge in [-0.25, -0.2) is 13.9 Å². The van der Waals surface area contributed by atoms with Gasteiger partial charge in [0.2, 0.25) is 6.17 Å². The molecule has 0 N–H and O–H groups in total. The first kappa shape index (κ1) is 12.3. The minimum absolute atomic E-state index is 0.152. The summed E-state index contributed by atoms with van der Waals surface area (Å²) in [6.07, 6.45) is -0.374. The molecule has 0 aliphatic rings. The standard InChI is InChI=1S/C13H13FN2O2/c1-2-18-13(17)12(14)11-8-9-15-16(11)10-6-4-3-5-7-10/h3-9,12H,2H2,1H3. The van der Waals surface area contributed by atoms with E-state index in [1.807, 2.05) is 18.2 Å². The Bertz CT molecular complexity index is 525. The highest BCUT2D eigenvalue weighted by molar-refractivity contribution is 5.76. The number of rotatable bonds is 4. The first-order valence-corrected chi connectivity index (χ1v) is 5.64. The number of benzene rings is 1. The van der Waals surface area contributed by atoms with E-state index in [2.05, 4.69) is 9.84 Å². The summed E-state index contributed by atoms with van der Waals surface area (Å²) in [5, 5.41) is 4.02. The molecule has 0 saturated carbocycles. The predicted molar refractivity (Wildman–Crippen MR) is 64.0 cm³/mol. The average Bonchev–Trinajstić information content (AvgIpc) is 2.88. The van der Waals surface area contributed by atoms with E-state index >= 15 is 0 Å². The lowest BCUT2D eigenvalue weighted by Crippen LogP contribution is -2.15. The zero-order valence-electron chi connectivity index (χ0n) is 9.91. The van der Waals surface area contributed by atoms with Gasteiger partial charge in [0, 0.05) is 6.20 Å². The molecule has 0 aliphatic carbocycles. The molecule has 0 amide bonds. The van der Waals surface area contributed by atoms with Crippen molar-refractivity contribution in [2.45, 2.75) is 13.1 Å². The molecule has 0 saturated heterocycles. The smallest absolute Gasteiger partial charge is 0.347 e. The molecule has 4 nitrogen and oxygen atoms in total. The molecule has 1 aromatic heterocycles. The first-order valence-electron chi connectivity index (χ1n) is 5.64.